The minimum atomic E-state index is -0.251. The summed E-state index contributed by atoms with van der Waals surface area (Å²) in [4.78, 5) is 13.9. The number of halogens is 1. The van der Waals surface area contributed by atoms with Gasteiger partial charge < -0.3 is 14.4 Å². The van der Waals surface area contributed by atoms with Gasteiger partial charge in [-0.25, -0.2) is 4.79 Å². The van der Waals surface area contributed by atoms with Crippen molar-refractivity contribution in [3.05, 3.63) is 102 Å². The number of carbonyl (C=O) groups excluding carboxylic acids is 1. The number of esters is 1. The number of carbonyl (C=O) groups is 1. The van der Waals surface area contributed by atoms with E-state index in [0.29, 0.717) is 41.7 Å². The maximum Gasteiger partial charge on any atom is 0.334 e. The van der Waals surface area contributed by atoms with Gasteiger partial charge in [0.25, 0.3) is 0 Å². The van der Waals surface area contributed by atoms with Gasteiger partial charge in [0.05, 0.1) is 17.9 Å². The zero-order valence-electron chi connectivity index (χ0n) is 18.7. The molecule has 172 valence electrons. The molecule has 0 radical (unpaired) electrons. The van der Waals surface area contributed by atoms with E-state index in [1.54, 1.807) is 18.2 Å². The number of likely N-dealkylation sites (N-methyl/N-ethyl adjacent to an activating group) is 1. The van der Waals surface area contributed by atoms with Crippen LogP contribution in [0.3, 0.4) is 0 Å². The molecule has 0 heterocycles. The highest BCUT2D eigenvalue weighted by Gasteiger charge is 2.12. The number of benzene rings is 3. The Morgan fingerprint density at radius 3 is 2.09 bits per heavy atom. The van der Waals surface area contributed by atoms with Crippen molar-refractivity contribution in [2.75, 3.05) is 25.1 Å². The van der Waals surface area contributed by atoms with Crippen LogP contribution in [-0.2, 0) is 9.53 Å². The van der Waals surface area contributed by atoms with E-state index >= 15 is 0 Å². The van der Waals surface area contributed by atoms with Crippen LogP contribution in [0.5, 0.6) is 11.5 Å². The first-order valence-corrected chi connectivity index (χ1v) is 11.2. The largest absolute Gasteiger partial charge is 0.460 e. The summed E-state index contributed by atoms with van der Waals surface area (Å²) in [5.74, 6) is 1.17. The third-order valence-electron chi connectivity index (χ3n) is 5.15. The molecular weight excluding hydrogens is 450 g/mol. The lowest BCUT2D eigenvalue weighted by Crippen LogP contribution is -2.24. The summed E-state index contributed by atoms with van der Waals surface area (Å²) >= 11 is 5.90. The molecule has 0 N–H and O–H groups in total. The smallest absolute Gasteiger partial charge is 0.334 e. The topological polar surface area (TPSA) is 63.5 Å². The second-order valence-corrected chi connectivity index (χ2v) is 8.08. The predicted octanol–water partition coefficient (Wildman–Crippen LogP) is 7.41. The van der Waals surface area contributed by atoms with Crippen molar-refractivity contribution < 1.29 is 14.3 Å². The molecule has 34 heavy (non-hydrogen) atoms. The molecule has 1 aliphatic carbocycles. The molecule has 0 saturated heterocycles. The van der Waals surface area contributed by atoms with Crippen LogP contribution in [0.2, 0.25) is 5.02 Å². The second-order valence-electron chi connectivity index (χ2n) is 7.65. The average molecular weight is 474 g/mol. The van der Waals surface area contributed by atoms with Gasteiger partial charge in [0, 0.05) is 23.3 Å². The van der Waals surface area contributed by atoms with Crippen molar-refractivity contribution in [1.82, 2.24) is 0 Å². The van der Waals surface area contributed by atoms with Crippen LogP contribution >= 0.6 is 11.6 Å². The molecule has 0 aliphatic heterocycles. The summed E-state index contributed by atoms with van der Waals surface area (Å²) < 4.78 is 11.1. The molecule has 3 aromatic carbocycles. The fourth-order valence-corrected chi connectivity index (χ4v) is 3.33. The van der Waals surface area contributed by atoms with Crippen LogP contribution in [0.4, 0.5) is 17.1 Å². The van der Waals surface area contributed by atoms with Crippen LogP contribution in [0.25, 0.3) is 0 Å². The Morgan fingerprint density at radius 1 is 0.912 bits per heavy atom. The Morgan fingerprint density at radius 2 is 1.50 bits per heavy atom. The quantitative estimate of drug-likeness (QED) is 0.239. The highest BCUT2D eigenvalue weighted by molar-refractivity contribution is 6.30. The highest BCUT2D eigenvalue weighted by atomic mass is 35.5. The fraction of sp³-hybridized carbons (Fsp3) is 0.148. The zero-order valence-corrected chi connectivity index (χ0v) is 19.5. The van der Waals surface area contributed by atoms with Gasteiger partial charge >= 0.3 is 5.97 Å². The number of azo groups is 1. The molecule has 0 spiro atoms. The van der Waals surface area contributed by atoms with Gasteiger partial charge in [-0.1, -0.05) is 29.8 Å². The van der Waals surface area contributed by atoms with Crippen LogP contribution in [0.15, 0.2) is 107 Å². The van der Waals surface area contributed by atoms with Crippen molar-refractivity contribution >= 4 is 34.6 Å². The highest BCUT2D eigenvalue weighted by Crippen LogP contribution is 2.26. The van der Waals surface area contributed by atoms with E-state index in [0.717, 1.165) is 17.1 Å². The lowest BCUT2D eigenvalue weighted by atomic mass is 10.2. The first-order valence-electron chi connectivity index (χ1n) is 10.9. The lowest BCUT2D eigenvalue weighted by Gasteiger charge is -2.19. The standard InChI is InChI=1S/C27H24ClN3O3/c1-31(18-19-33-27(32)20-4-2-3-5-20)24-12-8-22(9-13-24)29-30-23-10-16-26(17-11-23)34-25-14-6-21(28)7-15-25/h2-4,6-17H,5,18-19H2,1H3. The zero-order chi connectivity index (χ0) is 23.8. The van der Waals surface area contributed by atoms with E-state index in [1.165, 1.54) is 0 Å². The number of rotatable bonds is 9. The van der Waals surface area contributed by atoms with Gasteiger partial charge in [0.15, 0.2) is 0 Å². The Balaban J connectivity index is 1.25. The van der Waals surface area contributed by atoms with E-state index in [-0.39, 0.29) is 5.97 Å². The number of hydrogen-bond donors (Lipinski definition) is 0. The molecule has 0 fully saturated rings. The first kappa shape index (κ1) is 23.3. The predicted molar refractivity (Wildman–Crippen MR) is 135 cm³/mol. The molecular formula is C27H24ClN3O3. The summed E-state index contributed by atoms with van der Waals surface area (Å²) in [7, 11) is 1.95. The Bertz CT molecular complexity index is 1200. The molecule has 4 rings (SSSR count). The molecule has 3 aromatic rings. The van der Waals surface area contributed by atoms with Gasteiger partial charge in [-0.05, 0) is 79.2 Å². The molecule has 0 unspecified atom stereocenters. The molecule has 1 aliphatic rings. The molecule has 6 nitrogen and oxygen atoms in total. The van der Waals surface area contributed by atoms with Crippen LogP contribution < -0.4 is 9.64 Å². The fourth-order valence-electron chi connectivity index (χ4n) is 3.20. The molecule has 0 atom stereocenters. The SMILES string of the molecule is CN(CCOC(=O)C1=CC=CC1)c1ccc(N=Nc2ccc(Oc3ccc(Cl)cc3)cc2)cc1. The Hall–Kier alpha value is -3.90. The van der Waals surface area contributed by atoms with Crippen molar-refractivity contribution in [1.29, 1.82) is 0 Å². The van der Waals surface area contributed by atoms with Crippen molar-refractivity contribution in [2.24, 2.45) is 10.2 Å². The Labute approximate surface area is 203 Å². The molecule has 0 saturated carbocycles. The third-order valence-corrected chi connectivity index (χ3v) is 5.40. The lowest BCUT2D eigenvalue weighted by molar-refractivity contribution is -0.138. The second kappa shape index (κ2) is 11.3. The van der Waals surface area contributed by atoms with Gasteiger partial charge in [0.1, 0.15) is 18.1 Å². The first-order chi connectivity index (χ1) is 16.6. The summed E-state index contributed by atoms with van der Waals surface area (Å²) in [6.07, 6.45) is 6.25. The number of hydrogen-bond acceptors (Lipinski definition) is 6. The van der Waals surface area contributed by atoms with Crippen LogP contribution in [-0.4, -0.2) is 26.2 Å². The van der Waals surface area contributed by atoms with Gasteiger partial charge in [-0.15, -0.1) is 0 Å². The van der Waals surface area contributed by atoms with Crippen molar-refractivity contribution in [2.45, 2.75) is 6.42 Å². The number of anilines is 1. The maximum atomic E-state index is 11.9. The normalized spacial score (nSPS) is 12.6. The third kappa shape index (κ3) is 6.56. The molecule has 0 aromatic heterocycles. The summed E-state index contributed by atoms with van der Waals surface area (Å²) in [5, 5.41) is 9.25. The van der Waals surface area contributed by atoms with Crippen LogP contribution in [0, 0.1) is 0 Å². The average Bonchev–Trinajstić information content (AvgIpc) is 3.40. The monoisotopic (exact) mass is 473 g/mol. The number of nitrogens with zero attached hydrogens (tertiary/aromatic N) is 3. The van der Waals surface area contributed by atoms with Crippen molar-refractivity contribution in [3.8, 4) is 11.5 Å². The van der Waals surface area contributed by atoms with E-state index in [9.17, 15) is 4.79 Å². The van der Waals surface area contributed by atoms with E-state index in [2.05, 4.69) is 10.2 Å². The van der Waals surface area contributed by atoms with E-state index < -0.39 is 0 Å². The number of allylic oxidation sites excluding steroid dienone is 3. The summed E-state index contributed by atoms with van der Waals surface area (Å²) in [6.45, 7) is 0.920. The van der Waals surface area contributed by atoms with E-state index in [1.807, 2.05) is 84.8 Å². The van der Waals surface area contributed by atoms with Gasteiger partial charge in [0.2, 0.25) is 0 Å². The summed E-state index contributed by atoms with van der Waals surface area (Å²) in [5.41, 5.74) is 3.16. The van der Waals surface area contributed by atoms with E-state index in [4.69, 9.17) is 21.1 Å². The summed E-state index contributed by atoms with van der Waals surface area (Å²) in [6, 6.07) is 22.3. The number of ether oxygens (including phenoxy) is 2. The Kier molecular flexibility index (Phi) is 7.73. The van der Waals surface area contributed by atoms with Gasteiger partial charge in [-0.2, -0.15) is 10.2 Å². The van der Waals surface area contributed by atoms with Crippen LogP contribution in [0.1, 0.15) is 6.42 Å². The minimum absolute atomic E-state index is 0.251. The van der Waals surface area contributed by atoms with Crippen molar-refractivity contribution in [3.63, 3.8) is 0 Å². The minimum Gasteiger partial charge on any atom is -0.460 e. The maximum absolute atomic E-state index is 11.9. The molecule has 7 heteroatoms. The molecule has 0 amide bonds. The van der Waals surface area contributed by atoms with Gasteiger partial charge in [-0.3, -0.25) is 0 Å². The molecule has 0 bridgehead atoms.